The normalized spacial score (nSPS) is 22.6. The zero-order valence-electron chi connectivity index (χ0n) is 16.6. The molecule has 0 unspecified atom stereocenters. The van der Waals surface area contributed by atoms with Crippen LogP contribution in [0.4, 0.5) is 16.0 Å². The second-order valence-corrected chi connectivity index (χ2v) is 8.24. The van der Waals surface area contributed by atoms with Crippen molar-refractivity contribution in [1.82, 2.24) is 15.0 Å². The number of halogens is 1. The van der Waals surface area contributed by atoms with Gasteiger partial charge in [0.15, 0.2) is 11.4 Å². The second kappa shape index (κ2) is 7.63. The molecule has 2 aliphatic rings. The Morgan fingerprint density at radius 2 is 2.10 bits per heavy atom. The highest BCUT2D eigenvalue weighted by Crippen LogP contribution is 2.31. The van der Waals surface area contributed by atoms with E-state index in [-0.39, 0.29) is 5.82 Å². The molecule has 0 amide bonds. The van der Waals surface area contributed by atoms with Gasteiger partial charge in [0.1, 0.15) is 11.6 Å². The first-order valence-corrected chi connectivity index (χ1v) is 10.4. The maximum absolute atomic E-state index is 13.2. The first-order chi connectivity index (χ1) is 14.2. The number of fused-ring (bicyclic) bond motifs is 2. The van der Waals surface area contributed by atoms with Crippen molar-refractivity contribution in [2.75, 3.05) is 42.9 Å². The van der Waals surface area contributed by atoms with Crippen molar-refractivity contribution < 1.29 is 8.91 Å². The summed E-state index contributed by atoms with van der Waals surface area (Å²) in [6.07, 6.45) is 3.63. The Morgan fingerprint density at radius 3 is 3.00 bits per heavy atom. The van der Waals surface area contributed by atoms with Gasteiger partial charge in [-0.2, -0.15) is 0 Å². The minimum absolute atomic E-state index is 0.286. The van der Waals surface area contributed by atoms with Crippen LogP contribution >= 0.6 is 0 Å². The van der Waals surface area contributed by atoms with E-state index in [1.807, 2.05) is 25.1 Å². The molecule has 7 heteroatoms. The Morgan fingerprint density at radius 1 is 1.21 bits per heavy atom. The largest absolute Gasteiger partial charge is 0.370 e. The summed E-state index contributed by atoms with van der Waals surface area (Å²) in [6.45, 7) is 6.85. The van der Waals surface area contributed by atoms with Crippen molar-refractivity contribution in [3.8, 4) is 0 Å². The van der Waals surface area contributed by atoms with Crippen LogP contribution in [0.2, 0.25) is 0 Å². The Labute approximate surface area is 169 Å². The number of piperidine rings is 1. The molecular weight excluding hydrogens is 369 g/mol. The molecule has 1 aromatic carbocycles. The molecule has 0 saturated carbocycles. The van der Waals surface area contributed by atoms with Crippen LogP contribution in [0.15, 0.2) is 41.1 Å². The fourth-order valence-electron chi connectivity index (χ4n) is 4.68. The van der Waals surface area contributed by atoms with E-state index < -0.39 is 0 Å². The van der Waals surface area contributed by atoms with E-state index >= 15 is 0 Å². The van der Waals surface area contributed by atoms with Gasteiger partial charge in [0, 0.05) is 38.8 Å². The SMILES string of the molecule is Cc1cc(F)cnc1NC[C@@H]1CC[C@H]2CN(c3noc4ccccc34)CCN2C1. The molecule has 5 rings (SSSR count). The fourth-order valence-corrected chi connectivity index (χ4v) is 4.68. The summed E-state index contributed by atoms with van der Waals surface area (Å²) in [4.78, 5) is 9.17. The van der Waals surface area contributed by atoms with Crippen molar-refractivity contribution in [3.63, 3.8) is 0 Å². The van der Waals surface area contributed by atoms with Gasteiger partial charge in [0.2, 0.25) is 0 Å². The van der Waals surface area contributed by atoms with Crippen LogP contribution in [-0.4, -0.2) is 53.8 Å². The average Bonchev–Trinajstić information content (AvgIpc) is 3.17. The fraction of sp³-hybridized carbons (Fsp3) is 0.455. The predicted octanol–water partition coefficient (Wildman–Crippen LogP) is 3.68. The number of benzene rings is 1. The molecule has 0 bridgehead atoms. The summed E-state index contributed by atoms with van der Waals surface area (Å²) < 4.78 is 18.7. The Balaban J connectivity index is 1.19. The number of rotatable bonds is 4. The lowest BCUT2D eigenvalue weighted by Gasteiger charge is -2.46. The third-order valence-electron chi connectivity index (χ3n) is 6.27. The van der Waals surface area contributed by atoms with E-state index in [1.54, 1.807) is 0 Å². The molecule has 0 aliphatic carbocycles. The maximum Gasteiger partial charge on any atom is 0.180 e. The molecule has 29 heavy (non-hydrogen) atoms. The van der Waals surface area contributed by atoms with E-state index in [4.69, 9.17) is 4.52 Å². The summed E-state index contributed by atoms with van der Waals surface area (Å²) in [5.74, 6) is 2.06. The number of pyridine rings is 1. The number of aromatic nitrogens is 2. The van der Waals surface area contributed by atoms with Crippen molar-refractivity contribution >= 4 is 22.6 Å². The minimum atomic E-state index is -0.286. The van der Waals surface area contributed by atoms with Crippen LogP contribution in [0.1, 0.15) is 18.4 Å². The topological polar surface area (TPSA) is 57.4 Å². The zero-order chi connectivity index (χ0) is 19.8. The molecule has 2 atom stereocenters. The number of anilines is 2. The first kappa shape index (κ1) is 18.4. The van der Waals surface area contributed by atoms with Crippen LogP contribution in [0.25, 0.3) is 11.0 Å². The van der Waals surface area contributed by atoms with Crippen LogP contribution in [0.5, 0.6) is 0 Å². The number of aryl methyl sites for hydroxylation is 1. The number of nitrogens with one attached hydrogen (secondary N) is 1. The number of piperazine rings is 1. The third kappa shape index (κ3) is 3.67. The molecule has 0 spiro atoms. The van der Waals surface area contributed by atoms with Crippen LogP contribution < -0.4 is 10.2 Å². The highest BCUT2D eigenvalue weighted by molar-refractivity contribution is 5.88. The Hall–Kier alpha value is -2.67. The lowest BCUT2D eigenvalue weighted by atomic mass is 9.91. The number of hydrogen-bond acceptors (Lipinski definition) is 6. The molecule has 2 aliphatic heterocycles. The average molecular weight is 395 g/mol. The number of hydrogen-bond donors (Lipinski definition) is 1. The quantitative estimate of drug-likeness (QED) is 0.727. The van der Waals surface area contributed by atoms with Crippen LogP contribution in [0.3, 0.4) is 0 Å². The molecule has 4 heterocycles. The molecular formula is C22H26FN5O. The van der Waals surface area contributed by atoms with Crippen LogP contribution in [0, 0.1) is 18.7 Å². The van der Waals surface area contributed by atoms with Gasteiger partial charge in [-0.15, -0.1) is 0 Å². The summed E-state index contributed by atoms with van der Waals surface area (Å²) in [6, 6.07) is 10.2. The number of para-hydroxylation sites is 1. The van der Waals surface area contributed by atoms with Gasteiger partial charge in [0.05, 0.1) is 11.6 Å². The Kier molecular flexibility index (Phi) is 4.83. The molecule has 6 nitrogen and oxygen atoms in total. The highest BCUT2D eigenvalue weighted by Gasteiger charge is 2.34. The molecule has 152 valence electrons. The summed E-state index contributed by atoms with van der Waals surface area (Å²) in [7, 11) is 0. The molecule has 2 aromatic heterocycles. The van der Waals surface area contributed by atoms with Gasteiger partial charge in [-0.3, -0.25) is 4.90 Å². The standard InChI is InChI=1S/C22H26FN5O/c1-15-10-17(23)12-25-21(15)24-11-16-6-7-18-14-28(9-8-27(18)13-16)22-19-4-2-3-5-20(19)29-26-22/h2-5,10,12,16,18H,6-9,11,13-14H2,1H3,(H,24,25)/t16-,18-/m0/s1. The van der Waals surface area contributed by atoms with Crippen molar-refractivity contribution in [1.29, 1.82) is 0 Å². The van der Waals surface area contributed by atoms with Crippen molar-refractivity contribution in [2.45, 2.75) is 25.8 Å². The smallest absolute Gasteiger partial charge is 0.180 e. The van der Waals surface area contributed by atoms with Gasteiger partial charge in [-0.1, -0.05) is 17.3 Å². The monoisotopic (exact) mass is 395 g/mol. The van der Waals surface area contributed by atoms with Gasteiger partial charge < -0.3 is 14.7 Å². The third-order valence-corrected chi connectivity index (χ3v) is 6.27. The molecule has 3 aromatic rings. The summed E-state index contributed by atoms with van der Waals surface area (Å²) in [5, 5.41) is 8.86. The number of nitrogens with zero attached hydrogens (tertiary/aromatic N) is 4. The van der Waals surface area contributed by atoms with Crippen molar-refractivity contribution in [2.24, 2.45) is 5.92 Å². The zero-order valence-corrected chi connectivity index (χ0v) is 16.6. The van der Waals surface area contributed by atoms with Gasteiger partial charge in [-0.05, 0) is 49.4 Å². The minimum Gasteiger partial charge on any atom is -0.370 e. The molecule has 2 saturated heterocycles. The van der Waals surface area contributed by atoms with E-state index in [2.05, 4.69) is 31.3 Å². The van der Waals surface area contributed by atoms with Gasteiger partial charge in [0.25, 0.3) is 0 Å². The van der Waals surface area contributed by atoms with E-state index in [0.29, 0.717) is 12.0 Å². The lowest BCUT2D eigenvalue weighted by Crippen LogP contribution is -2.57. The molecule has 2 fully saturated rings. The van der Waals surface area contributed by atoms with Crippen molar-refractivity contribution in [3.05, 3.63) is 47.9 Å². The predicted molar refractivity (Wildman–Crippen MR) is 112 cm³/mol. The summed E-state index contributed by atoms with van der Waals surface area (Å²) in [5.41, 5.74) is 1.71. The van der Waals surface area contributed by atoms with E-state index in [1.165, 1.54) is 25.1 Å². The highest BCUT2D eigenvalue weighted by atomic mass is 19.1. The van der Waals surface area contributed by atoms with E-state index in [9.17, 15) is 4.39 Å². The van der Waals surface area contributed by atoms with E-state index in [0.717, 1.165) is 60.9 Å². The van der Waals surface area contributed by atoms with Gasteiger partial charge in [-0.25, -0.2) is 9.37 Å². The molecule has 0 radical (unpaired) electrons. The maximum atomic E-state index is 13.2. The first-order valence-electron chi connectivity index (χ1n) is 10.4. The lowest BCUT2D eigenvalue weighted by molar-refractivity contribution is 0.0994. The second-order valence-electron chi connectivity index (χ2n) is 8.24. The van der Waals surface area contributed by atoms with Gasteiger partial charge >= 0.3 is 0 Å². The summed E-state index contributed by atoms with van der Waals surface area (Å²) >= 11 is 0. The molecule has 1 N–H and O–H groups in total. The van der Waals surface area contributed by atoms with Crippen LogP contribution in [-0.2, 0) is 0 Å². The Bertz CT molecular complexity index is 1010.